The first-order chi connectivity index (χ1) is 7.42. The van der Waals surface area contributed by atoms with Crippen molar-refractivity contribution < 1.29 is 24.9 Å². The fraction of sp³-hybridized carbons (Fsp3) is 0.727. The number of aliphatic hydroxyl groups is 3. The van der Waals surface area contributed by atoms with Crippen molar-refractivity contribution in [3.8, 4) is 0 Å². The maximum Gasteiger partial charge on any atom is 0.323 e. The van der Waals surface area contributed by atoms with Crippen LogP contribution in [0, 0.1) is 11.3 Å². The van der Waals surface area contributed by atoms with Gasteiger partial charge in [-0.3, -0.25) is 4.79 Å². The topological polar surface area (TPSA) is 87.0 Å². The third kappa shape index (κ3) is 1.19. The summed E-state index contributed by atoms with van der Waals surface area (Å²) in [6.07, 6.45) is -2.60. The Morgan fingerprint density at radius 1 is 1.38 bits per heavy atom. The molecule has 5 nitrogen and oxygen atoms in total. The molecule has 0 unspecified atom stereocenters. The molecule has 0 radical (unpaired) electrons. The quantitative estimate of drug-likeness (QED) is 0.489. The average Bonchev–Trinajstić information content (AvgIpc) is 2.45. The largest absolute Gasteiger partial charge is 0.428 e. The summed E-state index contributed by atoms with van der Waals surface area (Å²) >= 11 is 0. The van der Waals surface area contributed by atoms with E-state index in [1.54, 1.807) is 6.92 Å². The van der Waals surface area contributed by atoms with Crippen LogP contribution in [0.5, 0.6) is 0 Å². The molecule has 0 amide bonds. The highest BCUT2D eigenvalue weighted by Gasteiger charge is 2.64. The highest BCUT2D eigenvalue weighted by molar-refractivity contribution is 5.83. The van der Waals surface area contributed by atoms with Gasteiger partial charge in [-0.1, -0.05) is 13.5 Å². The first-order valence-electron chi connectivity index (χ1n) is 5.37. The molecule has 5 atom stereocenters. The standard InChI is InChI=1S/C11H16O5/c1-5-3-4-7(12)9(14)11(5)8(13)6(2)16-10(11)15/h5,7-9,12-14H,2-4H2,1H3/t5-,7+,8+,9-,11+/m1/s1. The first kappa shape index (κ1) is 11.6. The summed E-state index contributed by atoms with van der Waals surface area (Å²) < 4.78 is 4.80. The van der Waals surface area contributed by atoms with Crippen LogP contribution in [0.15, 0.2) is 12.3 Å². The van der Waals surface area contributed by atoms with Crippen molar-refractivity contribution in [3.05, 3.63) is 12.3 Å². The van der Waals surface area contributed by atoms with E-state index in [4.69, 9.17) is 4.74 Å². The Hall–Kier alpha value is -0.910. The summed E-state index contributed by atoms with van der Waals surface area (Å²) in [7, 11) is 0. The van der Waals surface area contributed by atoms with Crippen LogP contribution in [0.1, 0.15) is 19.8 Å². The second kappa shape index (κ2) is 3.55. The molecule has 1 saturated heterocycles. The lowest BCUT2D eigenvalue weighted by atomic mass is 9.62. The zero-order valence-corrected chi connectivity index (χ0v) is 9.09. The predicted octanol–water partition coefficient (Wildman–Crippen LogP) is -0.444. The van der Waals surface area contributed by atoms with Crippen molar-refractivity contribution in [2.75, 3.05) is 0 Å². The molecule has 0 aromatic rings. The molecule has 0 bridgehead atoms. The van der Waals surface area contributed by atoms with E-state index < -0.39 is 29.7 Å². The van der Waals surface area contributed by atoms with Crippen molar-refractivity contribution in [2.24, 2.45) is 11.3 Å². The molecule has 0 aromatic heterocycles. The van der Waals surface area contributed by atoms with Crippen LogP contribution in [-0.4, -0.2) is 39.6 Å². The van der Waals surface area contributed by atoms with E-state index in [1.165, 1.54) is 0 Å². The van der Waals surface area contributed by atoms with Gasteiger partial charge in [0.1, 0.15) is 17.3 Å². The van der Waals surface area contributed by atoms with Gasteiger partial charge in [-0.2, -0.15) is 0 Å². The Bertz CT molecular complexity index is 339. The van der Waals surface area contributed by atoms with Gasteiger partial charge in [0.2, 0.25) is 0 Å². The molecule has 2 rings (SSSR count). The second-order valence-electron chi connectivity index (χ2n) is 4.68. The molecule has 1 aliphatic heterocycles. The SMILES string of the molecule is C=C1OC(=O)[C@@]2([C@H](C)CC[C@H](O)[C@H]2O)[C@H]1O. The minimum atomic E-state index is -1.45. The van der Waals surface area contributed by atoms with Crippen molar-refractivity contribution in [3.63, 3.8) is 0 Å². The molecule has 3 N–H and O–H groups in total. The number of hydrogen-bond donors (Lipinski definition) is 3. The molecule has 1 spiro atoms. The summed E-state index contributed by atoms with van der Waals surface area (Å²) in [5, 5.41) is 29.6. The fourth-order valence-corrected chi connectivity index (χ4v) is 2.82. The average molecular weight is 228 g/mol. The van der Waals surface area contributed by atoms with E-state index in [1.807, 2.05) is 0 Å². The van der Waals surface area contributed by atoms with E-state index in [-0.39, 0.29) is 11.7 Å². The number of esters is 1. The van der Waals surface area contributed by atoms with Crippen LogP contribution in [0.25, 0.3) is 0 Å². The molecule has 5 heteroatoms. The molecular weight excluding hydrogens is 212 g/mol. The Morgan fingerprint density at radius 3 is 2.50 bits per heavy atom. The van der Waals surface area contributed by atoms with Crippen LogP contribution in [0.3, 0.4) is 0 Å². The highest BCUT2D eigenvalue weighted by Crippen LogP contribution is 2.50. The molecule has 1 aliphatic carbocycles. The van der Waals surface area contributed by atoms with Gasteiger partial charge in [0.05, 0.1) is 12.2 Å². The minimum Gasteiger partial charge on any atom is -0.428 e. The van der Waals surface area contributed by atoms with E-state index in [0.29, 0.717) is 12.8 Å². The molecule has 1 saturated carbocycles. The molecule has 0 aromatic carbocycles. The number of hydrogen-bond acceptors (Lipinski definition) is 5. The van der Waals surface area contributed by atoms with E-state index in [0.717, 1.165) is 0 Å². The summed E-state index contributed by atoms with van der Waals surface area (Å²) in [6.45, 7) is 5.21. The Kier molecular flexibility index (Phi) is 2.57. The fourth-order valence-electron chi connectivity index (χ4n) is 2.82. The van der Waals surface area contributed by atoms with Gasteiger partial charge in [-0.15, -0.1) is 0 Å². The first-order valence-corrected chi connectivity index (χ1v) is 5.37. The van der Waals surface area contributed by atoms with Crippen LogP contribution in [0.2, 0.25) is 0 Å². The smallest absolute Gasteiger partial charge is 0.323 e. The Balaban J connectivity index is 2.47. The number of aliphatic hydroxyl groups excluding tert-OH is 3. The van der Waals surface area contributed by atoms with E-state index >= 15 is 0 Å². The van der Waals surface area contributed by atoms with Gasteiger partial charge in [0, 0.05) is 0 Å². The predicted molar refractivity (Wildman–Crippen MR) is 54.1 cm³/mol. The molecule has 1 heterocycles. The molecule has 90 valence electrons. The summed E-state index contributed by atoms with van der Waals surface area (Å²) in [5.74, 6) is -0.999. The van der Waals surface area contributed by atoms with Gasteiger partial charge in [-0.25, -0.2) is 0 Å². The number of carbonyl (C=O) groups is 1. The van der Waals surface area contributed by atoms with E-state index in [9.17, 15) is 20.1 Å². The van der Waals surface area contributed by atoms with Crippen LogP contribution in [-0.2, 0) is 9.53 Å². The highest BCUT2D eigenvalue weighted by atomic mass is 16.6. The number of cyclic esters (lactones) is 1. The summed E-state index contributed by atoms with van der Waals surface area (Å²) in [5.41, 5.74) is -1.45. The molecule has 16 heavy (non-hydrogen) atoms. The van der Waals surface area contributed by atoms with Gasteiger partial charge in [0.15, 0.2) is 0 Å². The van der Waals surface area contributed by atoms with Crippen LogP contribution >= 0.6 is 0 Å². The zero-order valence-electron chi connectivity index (χ0n) is 9.09. The van der Waals surface area contributed by atoms with Crippen molar-refractivity contribution in [2.45, 2.75) is 38.1 Å². The molecule has 2 aliphatic rings. The maximum absolute atomic E-state index is 11.8. The van der Waals surface area contributed by atoms with Gasteiger partial charge in [-0.05, 0) is 18.8 Å². The monoisotopic (exact) mass is 228 g/mol. The van der Waals surface area contributed by atoms with E-state index in [2.05, 4.69) is 6.58 Å². The lowest BCUT2D eigenvalue weighted by molar-refractivity contribution is -0.179. The summed E-state index contributed by atoms with van der Waals surface area (Å²) in [6, 6.07) is 0. The Labute approximate surface area is 93.3 Å². The lowest BCUT2D eigenvalue weighted by Crippen LogP contribution is -2.58. The zero-order chi connectivity index (χ0) is 12.1. The van der Waals surface area contributed by atoms with Crippen molar-refractivity contribution in [1.82, 2.24) is 0 Å². The maximum atomic E-state index is 11.8. The number of carbonyl (C=O) groups excluding carboxylic acids is 1. The molecular formula is C11H16O5. The number of rotatable bonds is 0. The molecule has 2 fully saturated rings. The third-order valence-electron chi connectivity index (χ3n) is 3.90. The second-order valence-corrected chi connectivity index (χ2v) is 4.68. The van der Waals surface area contributed by atoms with Gasteiger partial charge in [0.25, 0.3) is 0 Å². The Morgan fingerprint density at radius 2 is 2.00 bits per heavy atom. The van der Waals surface area contributed by atoms with Gasteiger partial charge < -0.3 is 20.1 Å². The lowest BCUT2D eigenvalue weighted by Gasteiger charge is -2.44. The third-order valence-corrected chi connectivity index (χ3v) is 3.90. The number of ether oxygens (including phenoxy) is 1. The minimum absolute atomic E-state index is 0.0509. The van der Waals surface area contributed by atoms with Gasteiger partial charge >= 0.3 is 5.97 Å². The summed E-state index contributed by atoms with van der Waals surface area (Å²) in [4.78, 5) is 11.8. The van der Waals surface area contributed by atoms with Crippen LogP contribution < -0.4 is 0 Å². The normalized spacial score (nSPS) is 48.5. The van der Waals surface area contributed by atoms with Crippen molar-refractivity contribution in [1.29, 1.82) is 0 Å². The van der Waals surface area contributed by atoms with Crippen molar-refractivity contribution >= 4 is 5.97 Å². The van der Waals surface area contributed by atoms with Crippen LogP contribution in [0.4, 0.5) is 0 Å².